The van der Waals surface area contributed by atoms with Crippen molar-refractivity contribution in [3.8, 4) is 0 Å². The fourth-order valence-electron chi connectivity index (χ4n) is 1.78. The number of rotatable bonds is 3. The lowest BCUT2D eigenvalue weighted by atomic mass is 10.4. The quantitative estimate of drug-likeness (QED) is 0.686. The van der Waals surface area contributed by atoms with Crippen molar-refractivity contribution in [3.05, 3.63) is 23.5 Å². The summed E-state index contributed by atoms with van der Waals surface area (Å²) < 4.78 is 0.796. The van der Waals surface area contributed by atoms with E-state index in [-0.39, 0.29) is 5.91 Å². The minimum Gasteiger partial charge on any atom is -0.358 e. The van der Waals surface area contributed by atoms with Crippen LogP contribution in [-0.2, 0) is 4.79 Å². The van der Waals surface area contributed by atoms with Gasteiger partial charge >= 0.3 is 0 Å². The third-order valence-electron chi connectivity index (χ3n) is 2.72. The zero-order valence-electron chi connectivity index (χ0n) is 10.3. The normalized spacial score (nSPS) is 14.5. The summed E-state index contributed by atoms with van der Waals surface area (Å²) in [6, 6.07) is 3.44. The highest BCUT2D eigenvalue weighted by atomic mass is 35.5. The number of hydrogen-bond acceptors (Lipinski definition) is 4. The predicted octanol–water partition coefficient (Wildman–Crippen LogP) is 2.79. The number of aromatic nitrogens is 1. The maximum Gasteiger partial charge on any atom is 0.234 e. The van der Waals surface area contributed by atoms with E-state index in [2.05, 4.69) is 15.2 Å². The summed E-state index contributed by atoms with van der Waals surface area (Å²) in [5.74, 6) is 0.169. The number of hydrogen-bond donors (Lipinski definition) is 1. The molecule has 2 heterocycles. The predicted molar refractivity (Wildman–Crippen MR) is 83.7 cm³/mol. The van der Waals surface area contributed by atoms with Gasteiger partial charge in [-0.25, -0.2) is 4.98 Å². The van der Waals surface area contributed by atoms with Gasteiger partial charge in [0.15, 0.2) is 5.15 Å². The summed E-state index contributed by atoms with van der Waals surface area (Å²) in [6.07, 6.45) is 3.94. The summed E-state index contributed by atoms with van der Waals surface area (Å²) in [5.41, 5.74) is 0.529. The first kappa shape index (κ1) is 14.6. The van der Waals surface area contributed by atoms with Crippen LogP contribution < -0.4 is 5.32 Å². The van der Waals surface area contributed by atoms with Gasteiger partial charge in [-0.3, -0.25) is 4.79 Å². The van der Waals surface area contributed by atoms with Crippen LogP contribution in [0, 0.1) is 0 Å². The molecule has 1 amide bonds. The van der Waals surface area contributed by atoms with E-state index in [0.717, 1.165) is 17.4 Å². The van der Waals surface area contributed by atoms with Crippen molar-refractivity contribution in [2.75, 3.05) is 24.2 Å². The third kappa shape index (κ3) is 4.33. The van der Waals surface area contributed by atoms with Crippen molar-refractivity contribution in [2.45, 2.75) is 12.8 Å². The molecule has 1 aromatic rings. The highest BCUT2D eigenvalue weighted by molar-refractivity contribution is 8.23. The molecular weight excluding hydrogens is 302 g/mol. The molecule has 1 aliphatic rings. The van der Waals surface area contributed by atoms with E-state index in [9.17, 15) is 4.79 Å². The van der Waals surface area contributed by atoms with E-state index in [4.69, 9.17) is 23.8 Å². The number of amides is 1. The van der Waals surface area contributed by atoms with E-state index in [1.54, 1.807) is 18.3 Å². The lowest BCUT2D eigenvalue weighted by Gasteiger charge is -2.17. The van der Waals surface area contributed by atoms with Gasteiger partial charge < -0.3 is 10.2 Å². The van der Waals surface area contributed by atoms with Gasteiger partial charge in [0.25, 0.3) is 0 Å². The Morgan fingerprint density at radius 3 is 2.95 bits per heavy atom. The molecule has 1 N–H and O–H groups in total. The van der Waals surface area contributed by atoms with Crippen LogP contribution in [0.15, 0.2) is 18.3 Å². The van der Waals surface area contributed by atoms with Crippen molar-refractivity contribution in [3.63, 3.8) is 0 Å². The molecule has 0 aromatic carbocycles. The van der Waals surface area contributed by atoms with Gasteiger partial charge in [-0.05, 0) is 25.0 Å². The zero-order chi connectivity index (χ0) is 13.7. The average Bonchev–Trinajstić information content (AvgIpc) is 2.93. The zero-order valence-corrected chi connectivity index (χ0v) is 12.7. The number of carbonyl (C=O) groups excluding carboxylic acids is 1. The molecule has 19 heavy (non-hydrogen) atoms. The molecule has 1 saturated heterocycles. The number of thioether (sulfide) groups is 1. The molecule has 0 saturated carbocycles. The molecule has 1 aliphatic heterocycles. The topological polar surface area (TPSA) is 45.2 Å². The molecule has 0 radical (unpaired) electrons. The Hall–Kier alpha value is -0.850. The van der Waals surface area contributed by atoms with E-state index >= 15 is 0 Å². The lowest BCUT2D eigenvalue weighted by molar-refractivity contribution is -0.113. The minimum atomic E-state index is -0.124. The number of pyridine rings is 1. The van der Waals surface area contributed by atoms with E-state index in [0.29, 0.717) is 16.6 Å². The maximum absolute atomic E-state index is 11.8. The van der Waals surface area contributed by atoms with Gasteiger partial charge in [0.05, 0.1) is 11.4 Å². The van der Waals surface area contributed by atoms with Crippen LogP contribution in [0.1, 0.15) is 12.8 Å². The molecule has 1 fully saturated rings. The summed E-state index contributed by atoms with van der Waals surface area (Å²) in [6.45, 7) is 2.00. The fraction of sp³-hybridized carbons (Fsp3) is 0.417. The van der Waals surface area contributed by atoms with Gasteiger partial charge in [-0.1, -0.05) is 35.6 Å². The van der Waals surface area contributed by atoms with Crippen molar-refractivity contribution >= 4 is 51.5 Å². The van der Waals surface area contributed by atoms with E-state index in [1.807, 2.05) is 0 Å². The highest BCUT2D eigenvalue weighted by Gasteiger charge is 2.16. The van der Waals surface area contributed by atoms with Crippen LogP contribution in [0.4, 0.5) is 5.69 Å². The molecule has 0 spiro atoms. The largest absolute Gasteiger partial charge is 0.358 e. The second kappa shape index (κ2) is 7.07. The fourth-order valence-corrected chi connectivity index (χ4v) is 3.00. The smallest absolute Gasteiger partial charge is 0.234 e. The van der Waals surface area contributed by atoms with Crippen molar-refractivity contribution in [1.29, 1.82) is 0 Å². The van der Waals surface area contributed by atoms with Crippen LogP contribution in [-0.4, -0.2) is 39.0 Å². The molecule has 0 unspecified atom stereocenters. The first-order chi connectivity index (χ1) is 9.16. The third-order valence-corrected chi connectivity index (χ3v) is 4.55. The van der Waals surface area contributed by atoms with Crippen molar-refractivity contribution in [2.24, 2.45) is 0 Å². The number of nitrogens with one attached hydrogen (secondary N) is 1. The van der Waals surface area contributed by atoms with Crippen LogP contribution in [0.3, 0.4) is 0 Å². The van der Waals surface area contributed by atoms with Gasteiger partial charge in [0, 0.05) is 19.3 Å². The van der Waals surface area contributed by atoms with Crippen LogP contribution >= 0.6 is 35.6 Å². The first-order valence-corrected chi connectivity index (χ1v) is 7.76. The second-order valence-electron chi connectivity index (χ2n) is 4.14. The van der Waals surface area contributed by atoms with Crippen LogP contribution in [0.2, 0.25) is 5.15 Å². The number of nitrogens with zero attached hydrogens (tertiary/aromatic N) is 2. The molecule has 1 aromatic heterocycles. The molecule has 0 aliphatic carbocycles. The minimum absolute atomic E-state index is 0.124. The Bertz CT molecular complexity index is 478. The lowest BCUT2D eigenvalue weighted by Crippen LogP contribution is -2.25. The van der Waals surface area contributed by atoms with Gasteiger partial charge in [-0.15, -0.1) is 0 Å². The Morgan fingerprint density at radius 1 is 1.53 bits per heavy atom. The number of carbonyl (C=O) groups is 1. The Kier molecular flexibility index (Phi) is 5.42. The molecule has 7 heteroatoms. The summed E-state index contributed by atoms with van der Waals surface area (Å²) in [5, 5.41) is 3.02. The number of halogens is 1. The summed E-state index contributed by atoms with van der Waals surface area (Å²) in [7, 11) is 0. The SMILES string of the molecule is O=C(CSC(=S)N1CCCC1)Nc1cccnc1Cl. The van der Waals surface area contributed by atoms with Crippen molar-refractivity contribution < 1.29 is 4.79 Å². The van der Waals surface area contributed by atoms with E-state index in [1.165, 1.54) is 24.6 Å². The second-order valence-corrected chi connectivity index (χ2v) is 6.11. The Labute approximate surface area is 126 Å². The summed E-state index contributed by atoms with van der Waals surface area (Å²) >= 11 is 12.5. The van der Waals surface area contributed by atoms with Crippen molar-refractivity contribution in [1.82, 2.24) is 9.88 Å². The van der Waals surface area contributed by atoms with Crippen LogP contribution in [0.25, 0.3) is 0 Å². The number of anilines is 1. The Balaban J connectivity index is 1.78. The standard InChI is InChI=1S/C12H14ClN3OS2/c13-11-9(4-3-5-14-11)15-10(17)8-19-12(18)16-6-1-2-7-16/h3-5H,1-2,6-8H2,(H,15,17). The average molecular weight is 316 g/mol. The van der Waals surface area contributed by atoms with Gasteiger partial charge in [-0.2, -0.15) is 0 Å². The van der Waals surface area contributed by atoms with E-state index < -0.39 is 0 Å². The van der Waals surface area contributed by atoms with Gasteiger partial charge in [0.1, 0.15) is 4.32 Å². The molecule has 0 atom stereocenters. The number of thiocarbonyl (C=S) groups is 1. The Morgan fingerprint density at radius 2 is 2.26 bits per heavy atom. The number of likely N-dealkylation sites (tertiary alicyclic amines) is 1. The molecule has 102 valence electrons. The monoisotopic (exact) mass is 315 g/mol. The molecule has 2 rings (SSSR count). The first-order valence-electron chi connectivity index (χ1n) is 5.99. The van der Waals surface area contributed by atoms with Gasteiger partial charge in [0.2, 0.25) is 5.91 Å². The highest BCUT2D eigenvalue weighted by Crippen LogP contribution is 2.19. The maximum atomic E-state index is 11.8. The van der Waals surface area contributed by atoms with Crippen LogP contribution in [0.5, 0.6) is 0 Å². The molecule has 0 bridgehead atoms. The molecular formula is C12H14ClN3OS2. The molecule has 4 nitrogen and oxygen atoms in total. The summed E-state index contributed by atoms with van der Waals surface area (Å²) in [4.78, 5) is 17.8.